The first-order valence-corrected chi connectivity index (χ1v) is 13.0. The molecule has 1 fully saturated rings. The zero-order valence-electron chi connectivity index (χ0n) is 21.9. The molecule has 1 atom stereocenters. The number of hydrogen-bond acceptors (Lipinski definition) is 8. The summed E-state index contributed by atoms with van der Waals surface area (Å²) in [6, 6.07) is 14.8. The highest BCUT2D eigenvalue weighted by molar-refractivity contribution is 5.96. The third-order valence-electron chi connectivity index (χ3n) is 7.35. The van der Waals surface area contributed by atoms with Gasteiger partial charge in [-0.2, -0.15) is 0 Å². The van der Waals surface area contributed by atoms with Gasteiger partial charge in [-0.3, -0.25) is 19.7 Å². The zero-order valence-corrected chi connectivity index (χ0v) is 21.9. The van der Waals surface area contributed by atoms with Gasteiger partial charge < -0.3 is 28.9 Å². The van der Waals surface area contributed by atoms with Crippen LogP contribution >= 0.6 is 0 Å². The Morgan fingerprint density at radius 2 is 1.69 bits per heavy atom. The van der Waals surface area contributed by atoms with Crippen LogP contribution < -0.4 is 19.8 Å². The number of para-hydroxylation sites is 2. The number of amides is 1. The normalized spacial score (nSPS) is 16.4. The van der Waals surface area contributed by atoms with E-state index in [1.807, 2.05) is 0 Å². The molecule has 0 radical (unpaired) electrons. The highest BCUT2D eigenvalue weighted by Crippen LogP contribution is 2.35. The second kappa shape index (κ2) is 10.5. The first kappa shape index (κ1) is 26.7. The fourth-order valence-electron chi connectivity index (χ4n) is 5.23. The second-order valence-electron chi connectivity index (χ2n) is 9.82. The van der Waals surface area contributed by atoms with Crippen molar-refractivity contribution in [1.29, 1.82) is 0 Å². The van der Waals surface area contributed by atoms with Gasteiger partial charge in [-0.15, -0.1) is 0 Å². The molecule has 3 heterocycles. The lowest BCUT2D eigenvalue weighted by molar-refractivity contribution is -0.384. The number of aromatic carboxylic acids is 1. The molecular weight excluding hydrogens is 551 g/mol. The third kappa shape index (κ3) is 4.74. The third-order valence-corrected chi connectivity index (χ3v) is 7.35. The van der Waals surface area contributed by atoms with Gasteiger partial charge >= 0.3 is 5.97 Å². The van der Waals surface area contributed by atoms with Crippen molar-refractivity contribution in [2.24, 2.45) is 0 Å². The van der Waals surface area contributed by atoms with Gasteiger partial charge in [0.25, 0.3) is 11.6 Å². The molecule has 42 heavy (non-hydrogen) atoms. The fourth-order valence-corrected chi connectivity index (χ4v) is 5.23. The first-order chi connectivity index (χ1) is 20.2. The van der Waals surface area contributed by atoms with Gasteiger partial charge in [-0.1, -0.05) is 12.1 Å². The molecule has 1 N–H and O–H groups in total. The molecule has 2 aliphatic rings. The minimum absolute atomic E-state index is 0.0610. The number of carboxylic acids is 1. The first-order valence-electron chi connectivity index (χ1n) is 13.0. The van der Waals surface area contributed by atoms with Gasteiger partial charge in [0.1, 0.15) is 23.7 Å². The van der Waals surface area contributed by atoms with Crippen molar-refractivity contribution in [1.82, 2.24) is 9.47 Å². The largest absolute Gasteiger partial charge is 0.485 e. The molecule has 0 aliphatic carbocycles. The number of carbonyl (C=O) groups is 2. The maximum Gasteiger partial charge on any atom is 0.341 e. The zero-order chi connectivity index (χ0) is 29.5. The Balaban J connectivity index is 1.33. The van der Waals surface area contributed by atoms with Crippen LogP contribution in [0.25, 0.3) is 16.6 Å². The van der Waals surface area contributed by atoms with Crippen LogP contribution in [-0.2, 0) is 4.79 Å². The van der Waals surface area contributed by atoms with E-state index in [2.05, 4.69) is 0 Å². The Morgan fingerprint density at radius 3 is 2.36 bits per heavy atom. The molecule has 1 saturated heterocycles. The van der Waals surface area contributed by atoms with Gasteiger partial charge in [0, 0.05) is 44.1 Å². The van der Waals surface area contributed by atoms with Gasteiger partial charge in [0.2, 0.25) is 11.5 Å². The number of benzene rings is 3. The number of hydrogen-bond donors (Lipinski definition) is 1. The number of carbonyl (C=O) groups excluding carboxylic acids is 1. The van der Waals surface area contributed by atoms with Crippen molar-refractivity contribution in [3.63, 3.8) is 0 Å². The van der Waals surface area contributed by atoms with E-state index < -0.39 is 33.8 Å². The van der Waals surface area contributed by atoms with Crippen molar-refractivity contribution >= 4 is 34.2 Å². The molecule has 2 aliphatic heterocycles. The van der Waals surface area contributed by atoms with Crippen molar-refractivity contribution in [3.05, 3.63) is 98.6 Å². The molecule has 0 bridgehead atoms. The Morgan fingerprint density at radius 1 is 1.00 bits per heavy atom. The number of nitrogens with zero attached hydrogens (tertiary/aromatic N) is 4. The number of pyridine rings is 1. The molecule has 13 heteroatoms. The number of piperazine rings is 1. The van der Waals surface area contributed by atoms with E-state index in [1.54, 1.807) is 34.1 Å². The molecular formula is C29H23FN4O8. The molecule has 214 valence electrons. The summed E-state index contributed by atoms with van der Waals surface area (Å²) in [7, 11) is 0. The number of fused-ring (bicyclic) bond motifs is 2. The van der Waals surface area contributed by atoms with Crippen molar-refractivity contribution in [2.75, 3.05) is 37.7 Å². The molecule has 12 nitrogen and oxygen atoms in total. The molecule has 0 spiro atoms. The summed E-state index contributed by atoms with van der Waals surface area (Å²) in [6.45, 7) is 1.05. The number of nitro groups is 1. The summed E-state index contributed by atoms with van der Waals surface area (Å²) < 4.78 is 26.5. The lowest BCUT2D eigenvalue weighted by atomic mass is 10.1. The monoisotopic (exact) mass is 574 g/mol. The Labute approximate surface area is 236 Å². The number of ether oxygens (including phenoxy) is 2. The molecule has 6 rings (SSSR count). The summed E-state index contributed by atoms with van der Waals surface area (Å²) in [5.41, 5.74) is -1.08. The Hall–Kier alpha value is -5.46. The smallest absolute Gasteiger partial charge is 0.341 e. The van der Waals surface area contributed by atoms with Crippen LogP contribution in [0.4, 0.5) is 15.8 Å². The average molecular weight is 575 g/mol. The Kier molecular flexibility index (Phi) is 6.69. The van der Waals surface area contributed by atoms with Crippen LogP contribution in [0, 0.1) is 15.9 Å². The number of aromatic nitrogens is 1. The van der Waals surface area contributed by atoms with E-state index in [1.165, 1.54) is 34.9 Å². The second-order valence-corrected chi connectivity index (χ2v) is 9.82. The van der Waals surface area contributed by atoms with E-state index in [-0.39, 0.29) is 61.0 Å². The molecule has 1 unspecified atom stereocenters. The number of carboxylic acid groups (broad SMARTS) is 1. The number of halogens is 1. The predicted molar refractivity (Wildman–Crippen MR) is 148 cm³/mol. The highest BCUT2D eigenvalue weighted by atomic mass is 19.1. The average Bonchev–Trinajstić information content (AvgIpc) is 3.00. The number of rotatable bonds is 5. The molecule has 1 amide bonds. The van der Waals surface area contributed by atoms with Crippen LogP contribution in [0.1, 0.15) is 10.4 Å². The summed E-state index contributed by atoms with van der Waals surface area (Å²) in [5.74, 6) is -1.24. The summed E-state index contributed by atoms with van der Waals surface area (Å²) in [4.78, 5) is 52.9. The van der Waals surface area contributed by atoms with E-state index in [9.17, 15) is 34.0 Å². The van der Waals surface area contributed by atoms with Crippen LogP contribution in [0.2, 0.25) is 0 Å². The Bertz CT molecular complexity index is 1800. The number of anilines is 1. The van der Waals surface area contributed by atoms with Gasteiger partial charge in [0.15, 0.2) is 11.5 Å². The SMILES string of the molecule is O=C(O)c1cn(-c2ccc(F)cc2)c2cc(N3CCN(C(=O)C4COc5ccccc5O4)CC3)c([N+](=O)[O-])cc2c1=O. The van der Waals surface area contributed by atoms with E-state index in [0.29, 0.717) is 17.2 Å². The summed E-state index contributed by atoms with van der Waals surface area (Å²) in [5, 5.41) is 21.6. The standard InChI is InChI=1S/C29H23FN4O8/c30-17-5-7-18(8-6-17)33-15-20(29(37)38)27(35)19-13-23(34(39)40)22(14-21(19)33)31-9-11-32(12-10-31)28(36)26-16-41-24-3-1-2-4-25(24)42-26/h1-8,13-15,26H,9-12,16H2,(H,37,38). The van der Waals surface area contributed by atoms with Crippen LogP contribution in [0.15, 0.2) is 71.7 Å². The lowest BCUT2D eigenvalue weighted by Gasteiger charge is -2.38. The summed E-state index contributed by atoms with van der Waals surface area (Å²) >= 11 is 0. The maximum atomic E-state index is 13.6. The van der Waals surface area contributed by atoms with Crippen LogP contribution in [0.5, 0.6) is 11.5 Å². The molecule has 4 aromatic rings. The van der Waals surface area contributed by atoms with Gasteiger partial charge in [-0.05, 0) is 42.5 Å². The minimum Gasteiger partial charge on any atom is -0.485 e. The van der Waals surface area contributed by atoms with Gasteiger partial charge in [-0.25, -0.2) is 9.18 Å². The van der Waals surface area contributed by atoms with Crippen LogP contribution in [0.3, 0.4) is 0 Å². The quantitative estimate of drug-likeness (QED) is 0.281. The topological polar surface area (TPSA) is 144 Å². The molecule has 1 aromatic heterocycles. The van der Waals surface area contributed by atoms with E-state index in [4.69, 9.17) is 9.47 Å². The fraction of sp³-hybridized carbons (Fsp3) is 0.207. The molecule has 3 aromatic carbocycles. The van der Waals surface area contributed by atoms with Crippen molar-refractivity contribution < 1.29 is 33.5 Å². The summed E-state index contributed by atoms with van der Waals surface area (Å²) in [6.07, 6.45) is 0.298. The van der Waals surface area contributed by atoms with E-state index >= 15 is 0 Å². The molecule has 0 saturated carbocycles. The van der Waals surface area contributed by atoms with Crippen molar-refractivity contribution in [2.45, 2.75) is 6.10 Å². The predicted octanol–water partition coefficient (Wildman–Crippen LogP) is 3.22. The minimum atomic E-state index is -1.50. The maximum absolute atomic E-state index is 13.6. The number of nitro benzene ring substituents is 1. The van der Waals surface area contributed by atoms with Crippen LogP contribution in [-0.4, -0.2) is 70.3 Å². The van der Waals surface area contributed by atoms with Gasteiger partial charge in [0.05, 0.1) is 15.8 Å². The lowest BCUT2D eigenvalue weighted by Crippen LogP contribution is -2.54. The van der Waals surface area contributed by atoms with E-state index in [0.717, 1.165) is 12.3 Å². The highest BCUT2D eigenvalue weighted by Gasteiger charge is 2.34. The van der Waals surface area contributed by atoms with Crippen molar-refractivity contribution in [3.8, 4) is 17.2 Å².